The molecule has 0 spiro atoms. The van der Waals surface area contributed by atoms with E-state index in [1.165, 1.54) is 19.3 Å². The van der Waals surface area contributed by atoms with Crippen molar-refractivity contribution < 1.29 is 19.4 Å². The predicted octanol–water partition coefficient (Wildman–Crippen LogP) is 3.58. The van der Waals surface area contributed by atoms with Crippen LogP contribution in [0.4, 0.5) is 4.79 Å². The number of nitrogens with one attached hydrogen (secondary N) is 1. The van der Waals surface area contributed by atoms with E-state index in [1.54, 1.807) is 0 Å². The molecule has 0 saturated heterocycles. The molecule has 134 valence electrons. The van der Waals surface area contributed by atoms with Gasteiger partial charge >= 0.3 is 12.1 Å². The first-order chi connectivity index (χ1) is 12.0. The number of carboxylic acids is 1. The lowest BCUT2D eigenvalue weighted by molar-refractivity contribution is -0.151. The highest BCUT2D eigenvalue weighted by molar-refractivity contribution is 5.81. The second-order valence-corrected chi connectivity index (χ2v) is 8.26. The molecule has 5 heteroatoms. The highest BCUT2D eigenvalue weighted by Crippen LogP contribution is 2.61. The highest BCUT2D eigenvalue weighted by atomic mass is 16.5. The third-order valence-corrected chi connectivity index (χ3v) is 6.42. The summed E-state index contributed by atoms with van der Waals surface area (Å²) in [5.41, 5.74) is 0.603. The van der Waals surface area contributed by atoms with Crippen molar-refractivity contribution in [1.29, 1.82) is 0 Å². The number of alkyl carbamates (subject to hydrolysis) is 1. The Bertz CT molecular complexity index is 622. The molecule has 4 saturated carbocycles. The van der Waals surface area contributed by atoms with Gasteiger partial charge in [0.25, 0.3) is 0 Å². The number of hydrogen-bond acceptors (Lipinski definition) is 3. The minimum Gasteiger partial charge on any atom is -0.480 e. The molecule has 4 fully saturated rings. The molecule has 0 unspecified atom stereocenters. The van der Waals surface area contributed by atoms with E-state index in [-0.39, 0.29) is 12.0 Å². The fourth-order valence-corrected chi connectivity index (χ4v) is 5.89. The normalized spacial score (nSPS) is 33.7. The SMILES string of the molecule is O=C(N[C@@H](C(=O)O)C12CC3CC(CC(C3)C1)C2)OCc1ccccc1. The van der Waals surface area contributed by atoms with E-state index in [0.717, 1.165) is 24.8 Å². The second kappa shape index (κ2) is 6.36. The minimum absolute atomic E-state index is 0.153. The Hall–Kier alpha value is -2.04. The smallest absolute Gasteiger partial charge is 0.408 e. The molecule has 4 aliphatic rings. The van der Waals surface area contributed by atoms with E-state index in [1.807, 2.05) is 30.3 Å². The summed E-state index contributed by atoms with van der Waals surface area (Å²) in [4.78, 5) is 24.2. The van der Waals surface area contributed by atoms with Gasteiger partial charge in [0, 0.05) is 5.41 Å². The van der Waals surface area contributed by atoms with Gasteiger partial charge in [-0.3, -0.25) is 0 Å². The van der Waals surface area contributed by atoms with Crippen molar-refractivity contribution in [2.75, 3.05) is 0 Å². The first kappa shape index (κ1) is 16.4. The predicted molar refractivity (Wildman–Crippen MR) is 91.8 cm³/mol. The number of ether oxygens (including phenoxy) is 1. The van der Waals surface area contributed by atoms with Crippen molar-refractivity contribution in [3.05, 3.63) is 35.9 Å². The molecular formula is C20H25NO4. The van der Waals surface area contributed by atoms with Crippen LogP contribution >= 0.6 is 0 Å². The number of carboxylic acid groups (broad SMARTS) is 1. The topological polar surface area (TPSA) is 75.6 Å². The number of amides is 1. The van der Waals surface area contributed by atoms with Crippen LogP contribution < -0.4 is 5.32 Å². The third kappa shape index (κ3) is 3.24. The zero-order chi connectivity index (χ0) is 17.4. The summed E-state index contributed by atoms with van der Waals surface area (Å²) in [5.74, 6) is 0.972. The Morgan fingerprint density at radius 2 is 1.64 bits per heavy atom. The Morgan fingerprint density at radius 3 is 2.16 bits per heavy atom. The number of hydrogen-bond donors (Lipinski definition) is 2. The average molecular weight is 343 g/mol. The summed E-state index contributed by atoms with van der Waals surface area (Å²) in [6.45, 7) is 0.153. The summed E-state index contributed by atoms with van der Waals surface area (Å²) in [6.07, 6.45) is 5.86. The lowest BCUT2D eigenvalue weighted by atomic mass is 9.47. The molecule has 2 N–H and O–H groups in total. The first-order valence-electron chi connectivity index (χ1n) is 9.24. The standard InChI is InChI=1S/C20H25NO4/c22-18(23)17(21-19(24)25-12-13-4-2-1-3-5-13)20-9-14-6-15(10-20)8-16(7-14)11-20/h1-5,14-17H,6-12H2,(H,21,24)(H,22,23)/t14?,15?,16?,17-,20?/m0/s1. The van der Waals surface area contributed by atoms with Crippen LogP contribution in [0.1, 0.15) is 44.1 Å². The van der Waals surface area contributed by atoms with Gasteiger partial charge in [0.15, 0.2) is 0 Å². The molecule has 5 nitrogen and oxygen atoms in total. The molecule has 5 rings (SSSR count). The summed E-state index contributed by atoms with van der Waals surface area (Å²) < 4.78 is 5.26. The molecule has 0 aromatic heterocycles. The number of aliphatic carboxylic acids is 1. The third-order valence-electron chi connectivity index (χ3n) is 6.42. The van der Waals surface area contributed by atoms with E-state index in [0.29, 0.717) is 17.8 Å². The number of benzene rings is 1. The zero-order valence-corrected chi connectivity index (χ0v) is 14.3. The summed E-state index contributed by atoms with van der Waals surface area (Å²) in [7, 11) is 0. The molecule has 0 aliphatic heterocycles. The summed E-state index contributed by atoms with van der Waals surface area (Å²) in [5, 5.41) is 12.5. The van der Waals surface area contributed by atoms with Gasteiger partial charge in [-0.25, -0.2) is 9.59 Å². The first-order valence-corrected chi connectivity index (χ1v) is 9.24. The lowest BCUT2D eigenvalue weighted by Gasteiger charge is -2.58. The Kier molecular flexibility index (Phi) is 4.18. The van der Waals surface area contributed by atoms with Crippen molar-refractivity contribution in [2.45, 2.75) is 51.2 Å². The maximum Gasteiger partial charge on any atom is 0.408 e. The monoisotopic (exact) mass is 343 g/mol. The van der Waals surface area contributed by atoms with Crippen molar-refractivity contribution >= 4 is 12.1 Å². The van der Waals surface area contributed by atoms with Gasteiger partial charge in [-0.2, -0.15) is 0 Å². The van der Waals surface area contributed by atoms with E-state index in [2.05, 4.69) is 5.32 Å². The molecule has 1 aromatic rings. The molecule has 4 aliphatic carbocycles. The molecule has 0 radical (unpaired) electrons. The van der Waals surface area contributed by atoms with Gasteiger partial charge in [-0.1, -0.05) is 30.3 Å². The van der Waals surface area contributed by atoms with Crippen LogP contribution in [0.5, 0.6) is 0 Å². The van der Waals surface area contributed by atoms with Crippen molar-refractivity contribution in [1.82, 2.24) is 5.32 Å². The van der Waals surface area contributed by atoms with E-state index >= 15 is 0 Å². The van der Waals surface area contributed by atoms with Crippen LogP contribution in [0.3, 0.4) is 0 Å². The molecule has 1 aromatic carbocycles. The molecule has 1 amide bonds. The summed E-state index contributed by atoms with van der Waals surface area (Å²) >= 11 is 0. The second-order valence-electron chi connectivity index (χ2n) is 8.26. The minimum atomic E-state index is -0.932. The number of carbonyl (C=O) groups is 2. The van der Waals surface area contributed by atoms with Gasteiger partial charge in [-0.15, -0.1) is 0 Å². The van der Waals surface area contributed by atoms with Crippen molar-refractivity contribution in [2.24, 2.45) is 23.2 Å². The van der Waals surface area contributed by atoms with Gasteiger partial charge in [0.2, 0.25) is 0 Å². The van der Waals surface area contributed by atoms with Gasteiger partial charge in [0.05, 0.1) is 0 Å². The van der Waals surface area contributed by atoms with Crippen molar-refractivity contribution in [3.63, 3.8) is 0 Å². The van der Waals surface area contributed by atoms with Gasteiger partial charge in [-0.05, 0) is 61.8 Å². The van der Waals surface area contributed by atoms with Crippen LogP contribution in [0.2, 0.25) is 0 Å². The average Bonchev–Trinajstić information content (AvgIpc) is 2.57. The van der Waals surface area contributed by atoms with Crippen LogP contribution in [0.25, 0.3) is 0 Å². The molecular weight excluding hydrogens is 318 g/mol. The van der Waals surface area contributed by atoms with Crippen LogP contribution in [-0.4, -0.2) is 23.2 Å². The fraction of sp³-hybridized carbons (Fsp3) is 0.600. The van der Waals surface area contributed by atoms with Crippen LogP contribution in [0, 0.1) is 23.2 Å². The molecule has 25 heavy (non-hydrogen) atoms. The van der Waals surface area contributed by atoms with Crippen LogP contribution in [0.15, 0.2) is 30.3 Å². The number of rotatable bonds is 5. The fourth-order valence-electron chi connectivity index (χ4n) is 5.89. The molecule has 4 bridgehead atoms. The van der Waals surface area contributed by atoms with E-state index in [4.69, 9.17) is 4.74 Å². The van der Waals surface area contributed by atoms with Crippen molar-refractivity contribution in [3.8, 4) is 0 Å². The maximum atomic E-state index is 12.2. The molecule has 1 atom stereocenters. The lowest BCUT2D eigenvalue weighted by Crippen LogP contribution is -2.59. The van der Waals surface area contributed by atoms with E-state index in [9.17, 15) is 14.7 Å². The highest BCUT2D eigenvalue weighted by Gasteiger charge is 2.56. The van der Waals surface area contributed by atoms with Gasteiger partial charge < -0.3 is 15.2 Å². The largest absolute Gasteiger partial charge is 0.480 e. The van der Waals surface area contributed by atoms with E-state index < -0.39 is 18.1 Å². The zero-order valence-electron chi connectivity index (χ0n) is 14.3. The summed E-state index contributed by atoms with van der Waals surface area (Å²) in [6, 6.07) is 8.57. The van der Waals surface area contributed by atoms with Crippen LogP contribution in [-0.2, 0) is 16.1 Å². The maximum absolute atomic E-state index is 12.2. The molecule has 0 heterocycles. The Morgan fingerprint density at radius 1 is 1.08 bits per heavy atom. The number of carbonyl (C=O) groups excluding carboxylic acids is 1. The quantitative estimate of drug-likeness (QED) is 0.857. The Balaban J connectivity index is 1.43. The van der Waals surface area contributed by atoms with Gasteiger partial charge in [0.1, 0.15) is 12.6 Å². The Labute approximate surface area is 147 Å².